The smallest absolute Gasteiger partial charge is 0.225 e. The lowest BCUT2D eigenvalue weighted by Crippen LogP contribution is -2.52. The summed E-state index contributed by atoms with van der Waals surface area (Å²) in [6, 6.07) is 0. The van der Waals surface area contributed by atoms with E-state index in [-0.39, 0.29) is 16.1 Å². The van der Waals surface area contributed by atoms with Crippen molar-refractivity contribution in [3.8, 4) is 0 Å². The minimum atomic E-state index is -0.338. The second-order valence-corrected chi connectivity index (χ2v) is 8.81. The Hall–Kier alpha value is -0.910. The lowest BCUT2D eigenvalue weighted by atomic mass is 9.96. The quantitative estimate of drug-likeness (QED) is 0.471. The number of carbonyl (C=O) groups is 1. The largest absolute Gasteiger partial charge is 0.354 e. The van der Waals surface area contributed by atoms with Crippen molar-refractivity contribution >= 4 is 23.6 Å². The Morgan fingerprint density at radius 2 is 1.90 bits per heavy atom. The average Bonchev–Trinajstić information content (AvgIpc) is 2.36. The van der Waals surface area contributed by atoms with E-state index in [1.807, 2.05) is 39.6 Å². The van der Waals surface area contributed by atoms with Gasteiger partial charge in [-0.1, -0.05) is 20.8 Å². The molecule has 0 saturated carbocycles. The van der Waals surface area contributed by atoms with E-state index in [4.69, 9.17) is 0 Å². The van der Waals surface area contributed by atoms with E-state index in [9.17, 15) is 4.79 Å². The van der Waals surface area contributed by atoms with Crippen LogP contribution in [0.1, 0.15) is 34.6 Å². The highest BCUT2D eigenvalue weighted by Crippen LogP contribution is 2.29. The first-order valence-electron chi connectivity index (χ1n) is 7.53. The summed E-state index contributed by atoms with van der Waals surface area (Å²) in [4.78, 5) is 18.4. The van der Waals surface area contributed by atoms with Crippen molar-refractivity contribution in [2.75, 3.05) is 39.0 Å². The van der Waals surface area contributed by atoms with Gasteiger partial charge in [0.1, 0.15) is 0 Å². The number of guanidine groups is 1. The van der Waals surface area contributed by atoms with Gasteiger partial charge < -0.3 is 15.5 Å². The molecule has 0 aromatic heterocycles. The minimum Gasteiger partial charge on any atom is -0.354 e. The normalized spacial score (nSPS) is 19.3. The molecule has 21 heavy (non-hydrogen) atoms. The number of hydrogen-bond donors (Lipinski definition) is 2. The predicted octanol–water partition coefficient (Wildman–Crippen LogP) is 1.55. The second kappa shape index (κ2) is 7.38. The molecule has 0 aromatic carbocycles. The molecule has 0 atom stereocenters. The fourth-order valence-electron chi connectivity index (χ4n) is 2.15. The van der Waals surface area contributed by atoms with Gasteiger partial charge in [-0.25, -0.2) is 0 Å². The van der Waals surface area contributed by atoms with Crippen molar-refractivity contribution in [2.24, 2.45) is 10.4 Å². The Bertz CT molecular complexity index is 388. The summed E-state index contributed by atoms with van der Waals surface area (Å²) < 4.78 is 0.260. The number of hydrogen-bond acceptors (Lipinski definition) is 3. The van der Waals surface area contributed by atoms with E-state index in [1.54, 1.807) is 0 Å². The first kappa shape index (κ1) is 18.1. The molecule has 0 bridgehead atoms. The van der Waals surface area contributed by atoms with Crippen LogP contribution >= 0.6 is 11.8 Å². The maximum Gasteiger partial charge on any atom is 0.225 e. The molecule has 6 heteroatoms. The number of rotatable bonds is 3. The fraction of sp³-hybridized carbons (Fsp3) is 0.867. The molecule has 0 radical (unpaired) electrons. The van der Waals surface area contributed by atoms with Crippen LogP contribution in [-0.4, -0.2) is 60.5 Å². The van der Waals surface area contributed by atoms with Gasteiger partial charge in [-0.3, -0.25) is 9.79 Å². The zero-order chi connectivity index (χ0) is 16.1. The van der Waals surface area contributed by atoms with Crippen molar-refractivity contribution in [1.29, 1.82) is 0 Å². The molecule has 1 rings (SSSR count). The maximum absolute atomic E-state index is 11.8. The van der Waals surface area contributed by atoms with Crippen LogP contribution in [0.2, 0.25) is 0 Å². The molecule has 1 saturated heterocycles. The molecule has 1 heterocycles. The Labute approximate surface area is 133 Å². The van der Waals surface area contributed by atoms with Gasteiger partial charge in [0.15, 0.2) is 5.96 Å². The highest BCUT2D eigenvalue weighted by molar-refractivity contribution is 8.00. The third-order valence-electron chi connectivity index (χ3n) is 3.31. The molecule has 1 aliphatic rings. The number of carbonyl (C=O) groups excluding carboxylic acids is 1. The number of amides is 1. The van der Waals surface area contributed by atoms with Crippen LogP contribution in [0, 0.1) is 5.41 Å². The minimum absolute atomic E-state index is 0.0785. The van der Waals surface area contributed by atoms with Crippen LogP contribution in [0.25, 0.3) is 0 Å². The second-order valence-electron chi connectivity index (χ2n) is 7.01. The lowest BCUT2D eigenvalue weighted by Gasteiger charge is -2.39. The highest BCUT2D eigenvalue weighted by Gasteiger charge is 2.28. The molecule has 0 spiro atoms. The Morgan fingerprint density at radius 3 is 2.43 bits per heavy atom. The molecular formula is C15H30N4OS. The summed E-state index contributed by atoms with van der Waals surface area (Å²) in [6.07, 6.45) is 0. The van der Waals surface area contributed by atoms with Crippen LogP contribution in [-0.2, 0) is 4.79 Å². The number of thioether (sulfide) groups is 1. The zero-order valence-electron chi connectivity index (χ0n) is 14.2. The fourth-order valence-corrected chi connectivity index (χ4v) is 3.26. The summed E-state index contributed by atoms with van der Waals surface area (Å²) >= 11 is 2.01. The lowest BCUT2D eigenvalue weighted by molar-refractivity contribution is -0.128. The highest BCUT2D eigenvalue weighted by atomic mass is 32.2. The van der Waals surface area contributed by atoms with Gasteiger partial charge in [0.25, 0.3) is 0 Å². The van der Waals surface area contributed by atoms with E-state index in [0.29, 0.717) is 13.1 Å². The van der Waals surface area contributed by atoms with Crippen molar-refractivity contribution in [1.82, 2.24) is 15.5 Å². The number of aliphatic imine (C=N–C) groups is 1. The third kappa shape index (κ3) is 6.16. The Morgan fingerprint density at radius 1 is 1.29 bits per heavy atom. The Kier molecular flexibility index (Phi) is 6.38. The van der Waals surface area contributed by atoms with Crippen LogP contribution in [0.5, 0.6) is 0 Å². The number of nitrogens with zero attached hydrogens (tertiary/aromatic N) is 2. The molecule has 0 aliphatic carbocycles. The van der Waals surface area contributed by atoms with E-state index in [0.717, 1.165) is 24.8 Å². The van der Waals surface area contributed by atoms with Gasteiger partial charge in [-0.15, -0.1) is 0 Å². The molecule has 0 aromatic rings. The average molecular weight is 314 g/mol. The molecule has 5 nitrogen and oxygen atoms in total. The van der Waals surface area contributed by atoms with Gasteiger partial charge in [-0.05, 0) is 13.8 Å². The van der Waals surface area contributed by atoms with Crippen LogP contribution in [0.15, 0.2) is 4.99 Å². The first-order valence-corrected chi connectivity index (χ1v) is 8.52. The van der Waals surface area contributed by atoms with Crippen LogP contribution in [0.4, 0.5) is 0 Å². The number of nitrogens with one attached hydrogen (secondary N) is 2. The van der Waals surface area contributed by atoms with Gasteiger partial charge in [0.05, 0.1) is 0 Å². The SMILES string of the molecule is CN=C(NCCNC(=O)C(C)(C)C)N1CCSC(C)(C)C1. The van der Waals surface area contributed by atoms with Gasteiger partial charge in [0.2, 0.25) is 5.91 Å². The van der Waals surface area contributed by atoms with Crippen molar-refractivity contribution in [3.63, 3.8) is 0 Å². The molecular weight excluding hydrogens is 284 g/mol. The van der Waals surface area contributed by atoms with E-state index < -0.39 is 0 Å². The van der Waals surface area contributed by atoms with Crippen LogP contribution in [0.3, 0.4) is 0 Å². The molecule has 2 N–H and O–H groups in total. The van der Waals surface area contributed by atoms with E-state index in [1.165, 1.54) is 0 Å². The topological polar surface area (TPSA) is 56.7 Å². The monoisotopic (exact) mass is 314 g/mol. The van der Waals surface area contributed by atoms with Crippen LogP contribution < -0.4 is 10.6 Å². The summed E-state index contributed by atoms with van der Waals surface area (Å²) in [5, 5.41) is 6.28. The van der Waals surface area contributed by atoms with E-state index >= 15 is 0 Å². The maximum atomic E-state index is 11.8. The summed E-state index contributed by atoms with van der Waals surface area (Å²) in [7, 11) is 1.81. The Balaban J connectivity index is 2.37. The summed E-state index contributed by atoms with van der Waals surface area (Å²) in [5.41, 5.74) is -0.338. The summed E-state index contributed by atoms with van der Waals surface area (Å²) in [5.74, 6) is 2.12. The van der Waals surface area contributed by atoms with Crippen molar-refractivity contribution in [3.05, 3.63) is 0 Å². The molecule has 0 unspecified atom stereocenters. The molecule has 1 aliphatic heterocycles. The molecule has 1 amide bonds. The van der Waals surface area contributed by atoms with Crippen molar-refractivity contribution < 1.29 is 4.79 Å². The van der Waals surface area contributed by atoms with Gasteiger partial charge in [0, 0.05) is 49.1 Å². The van der Waals surface area contributed by atoms with Gasteiger partial charge in [-0.2, -0.15) is 11.8 Å². The summed E-state index contributed by atoms with van der Waals surface area (Å²) in [6.45, 7) is 13.6. The van der Waals surface area contributed by atoms with Crippen molar-refractivity contribution in [2.45, 2.75) is 39.4 Å². The zero-order valence-corrected chi connectivity index (χ0v) is 15.1. The molecule has 1 fully saturated rings. The molecule has 122 valence electrons. The van der Waals surface area contributed by atoms with E-state index in [2.05, 4.69) is 34.4 Å². The predicted molar refractivity (Wildman–Crippen MR) is 91.9 cm³/mol. The standard InChI is InChI=1S/C15H30N4OS/c1-14(2,3)12(20)17-7-8-18-13(16-6)19-9-10-21-15(4,5)11-19/h7-11H2,1-6H3,(H,16,18)(H,17,20). The third-order valence-corrected chi connectivity index (χ3v) is 4.61. The van der Waals surface area contributed by atoms with Gasteiger partial charge >= 0.3 is 0 Å². The first-order chi connectivity index (χ1) is 9.65.